The average molecular weight is 269 g/mol. The van der Waals surface area contributed by atoms with Crippen LogP contribution in [0.2, 0.25) is 0 Å². The Hall–Kier alpha value is -0.910. The van der Waals surface area contributed by atoms with Crippen LogP contribution in [-0.2, 0) is 14.8 Å². The summed E-state index contributed by atoms with van der Waals surface area (Å²) in [5, 5.41) is 0. The van der Waals surface area contributed by atoms with E-state index < -0.39 is 10.0 Å². The second-order valence-electron chi connectivity index (χ2n) is 4.76. The molecule has 100 valence electrons. The van der Waals surface area contributed by atoms with E-state index in [0.717, 1.165) is 30.6 Å². The van der Waals surface area contributed by atoms with Crippen LogP contribution >= 0.6 is 0 Å². The molecular formula is C13H19NO3S. The lowest BCUT2D eigenvalue weighted by Crippen LogP contribution is -2.32. The van der Waals surface area contributed by atoms with Crippen LogP contribution in [0.15, 0.2) is 23.1 Å². The third-order valence-corrected chi connectivity index (χ3v) is 4.72. The van der Waals surface area contributed by atoms with Crippen molar-refractivity contribution in [3.63, 3.8) is 0 Å². The van der Waals surface area contributed by atoms with Gasteiger partial charge in [-0.15, -0.1) is 0 Å². The van der Waals surface area contributed by atoms with Crippen LogP contribution < -0.4 is 4.72 Å². The molecular weight excluding hydrogens is 250 g/mol. The molecule has 0 aliphatic carbocycles. The van der Waals surface area contributed by atoms with Gasteiger partial charge in [0.05, 0.1) is 11.0 Å². The lowest BCUT2D eigenvalue weighted by Gasteiger charge is -2.13. The molecule has 0 radical (unpaired) electrons. The maximum Gasteiger partial charge on any atom is 0.240 e. The van der Waals surface area contributed by atoms with Gasteiger partial charge in [-0.3, -0.25) is 0 Å². The van der Waals surface area contributed by atoms with Gasteiger partial charge in [0, 0.05) is 13.2 Å². The van der Waals surface area contributed by atoms with E-state index in [1.807, 2.05) is 19.1 Å². The van der Waals surface area contributed by atoms with Crippen molar-refractivity contribution in [3.8, 4) is 0 Å². The van der Waals surface area contributed by atoms with E-state index in [1.165, 1.54) is 0 Å². The van der Waals surface area contributed by atoms with Crippen LogP contribution in [0.1, 0.15) is 24.0 Å². The summed E-state index contributed by atoms with van der Waals surface area (Å²) in [6.07, 6.45) is 1.95. The molecule has 0 bridgehead atoms. The van der Waals surface area contributed by atoms with Crippen molar-refractivity contribution in [3.05, 3.63) is 29.3 Å². The molecule has 1 aliphatic rings. The molecule has 1 aliphatic heterocycles. The summed E-state index contributed by atoms with van der Waals surface area (Å²) in [7, 11) is -3.43. The Labute approximate surface area is 108 Å². The number of hydrogen-bond donors (Lipinski definition) is 1. The SMILES string of the molecule is Cc1ccc(C)c(S(=O)(=O)NC[C@@H]2CCCO2)c1. The molecule has 0 aromatic heterocycles. The first-order valence-corrected chi connectivity index (χ1v) is 7.66. The van der Waals surface area contributed by atoms with Crippen molar-refractivity contribution in [2.75, 3.05) is 13.2 Å². The highest BCUT2D eigenvalue weighted by Gasteiger charge is 2.21. The minimum atomic E-state index is -3.43. The Morgan fingerprint density at radius 1 is 1.39 bits per heavy atom. The van der Waals surface area contributed by atoms with Gasteiger partial charge in [-0.25, -0.2) is 13.1 Å². The number of rotatable bonds is 4. The van der Waals surface area contributed by atoms with E-state index in [0.29, 0.717) is 11.4 Å². The largest absolute Gasteiger partial charge is 0.377 e. The zero-order valence-corrected chi connectivity index (χ0v) is 11.6. The van der Waals surface area contributed by atoms with Gasteiger partial charge in [-0.2, -0.15) is 0 Å². The monoisotopic (exact) mass is 269 g/mol. The van der Waals surface area contributed by atoms with Crippen molar-refractivity contribution in [2.24, 2.45) is 0 Å². The lowest BCUT2D eigenvalue weighted by atomic mass is 10.2. The molecule has 1 fully saturated rings. The Bertz CT molecular complexity index is 519. The van der Waals surface area contributed by atoms with Gasteiger partial charge >= 0.3 is 0 Å². The third kappa shape index (κ3) is 3.10. The van der Waals surface area contributed by atoms with Crippen LogP contribution in [-0.4, -0.2) is 27.7 Å². The Kier molecular flexibility index (Phi) is 4.04. The smallest absolute Gasteiger partial charge is 0.240 e. The second kappa shape index (κ2) is 5.38. The van der Waals surface area contributed by atoms with Crippen LogP contribution in [0.25, 0.3) is 0 Å². The molecule has 2 rings (SSSR count). The number of nitrogens with one attached hydrogen (secondary N) is 1. The standard InChI is InChI=1S/C13H19NO3S/c1-10-5-6-11(2)13(8-10)18(15,16)14-9-12-4-3-7-17-12/h5-6,8,12,14H,3-4,7,9H2,1-2H3/t12-/m0/s1. The predicted octanol–water partition coefficient (Wildman–Crippen LogP) is 1.76. The summed E-state index contributed by atoms with van der Waals surface area (Å²) in [5.74, 6) is 0. The molecule has 0 unspecified atom stereocenters. The molecule has 4 nitrogen and oxygen atoms in total. The summed E-state index contributed by atoms with van der Waals surface area (Å²) in [5.41, 5.74) is 1.71. The van der Waals surface area contributed by atoms with Crippen LogP contribution in [0.5, 0.6) is 0 Å². The molecule has 1 atom stereocenters. The zero-order valence-electron chi connectivity index (χ0n) is 10.8. The Morgan fingerprint density at radius 3 is 2.83 bits per heavy atom. The van der Waals surface area contributed by atoms with Crippen LogP contribution in [0.3, 0.4) is 0 Å². The van der Waals surface area contributed by atoms with Crippen LogP contribution in [0.4, 0.5) is 0 Å². The first-order chi connectivity index (χ1) is 8.49. The second-order valence-corrected chi connectivity index (χ2v) is 6.49. The van der Waals surface area contributed by atoms with Crippen LogP contribution in [0, 0.1) is 13.8 Å². The van der Waals surface area contributed by atoms with Crippen molar-refractivity contribution in [1.29, 1.82) is 0 Å². The zero-order chi connectivity index (χ0) is 13.2. The summed E-state index contributed by atoms with van der Waals surface area (Å²) < 4.78 is 32.4. The van der Waals surface area contributed by atoms with E-state index >= 15 is 0 Å². The summed E-state index contributed by atoms with van der Waals surface area (Å²) in [6.45, 7) is 4.78. The first-order valence-electron chi connectivity index (χ1n) is 6.17. The topological polar surface area (TPSA) is 55.4 Å². The quantitative estimate of drug-likeness (QED) is 0.906. The molecule has 18 heavy (non-hydrogen) atoms. The van der Waals surface area contributed by atoms with Gasteiger partial charge in [0.15, 0.2) is 0 Å². The highest BCUT2D eigenvalue weighted by molar-refractivity contribution is 7.89. The highest BCUT2D eigenvalue weighted by atomic mass is 32.2. The fraction of sp³-hybridized carbons (Fsp3) is 0.538. The van der Waals surface area contributed by atoms with Gasteiger partial charge < -0.3 is 4.74 Å². The fourth-order valence-corrected chi connectivity index (χ4v) is 3.48. The lowest BCUT2D eigenvalue weighted by molar-refractivity contribution is 0.114. The fourth-order valence-electron chi connectivity index (χ4n) is 2.08. The molecule has 0 amide bonds. The summed E-state index contributed by atoms with van der Waals surface area (Å²) >= 11 is 0. The van der Waals surface area contributed by atoms with Gasteiger partial charge in [0.2, 0.25) is 10.0 Å². The predicted molar refractivity (Wildman–Crippen MR) is 70.1 cm³/mol. The average Bonchev–Trinajstić information content (AvgIpc) is 2.83. The molecule has 1 aromatic rings. The normalized spacial score (nSPS) is 20.2. The minimum Gasteiger partial charge on any atom is -0.377 e. The van der Waals surface area contributed by atoms with Gasteiger partial charge in [0.25, 0.3) is 0 Å². The summed E-state index contributed by atoms with van der Waals surface area (Å²) in [6, 6.07) is 5.44. The van der Waals surface area contributed by atoms with Gasteiger partial charge in [-0.05, 0) is 43.9 Å². The maximum absolute atomic E-state index is 12.2. The van der Waals surface area contributed by atoms with Crippen molar-refractivity contribution < 1.29 is 13.2 Å². The molecule has 5 heteroatoms. The number of hydrogen-bond acceptors (Lipinski definition) is 3. The molecule has 0 spiro atoms. The van der Waals surface area contributed by atoms with E-state index in [9.17, 15) is 8.42 Å². The van der Waals surface area contributed by atoms with E-state index in [1.54, 1.807) is 13.0 Å². The van der Waals surface area contributed by atoms with E-state index in [2.05, 4.69) is 4.72 Å². The highest BCUT2D eigenvalue weighted by Crippen LogP contribution is 2.17. The maximum atomic E-state index is 12.2. The van der Waals surface area contributed by atoms with E-state index in [-0.39, 0.29) is 6.10 Å². The number of benzene rings is 1. The van der Waals surface area contributed by atoms with Gasteiger partial charge in [0.1, 0.15) is 0 Å². The number of aryl methyl sites for hydroxylation is 2. The molecule has 1 saturated heterocycles. The Morgan fingerprint density at radius 2 is 2.17 bits per heavy atom. The van der Waals surface area contributed by atoms with Crippen molar-refractivity contribution >= 4 is 10.0 Å². The Balaban J connectivity index is 2.12. The molecule has 1 N–H and O–H groups in total. The third-order valence-electron chi connectivity index (χ3n) is 3.16. The first kappa shape index (κ1) is 13.5. The number of sulfonamides is 1. The molecule has 1 heterocycles. The van der Waals surface area contributed by atoms with Crippen molar-refractivity contribution in [1.82, 2.24) is 4.72 Å². The summed E-state index contributed by atoms with van der Waals surface area (Å²) in [4.78, 5) is 0.362. The number of ether oxygens (including phenoxy) is 1. The van der Waals surface area contributed by atoms with E-state index in [4.69, 9.17) is 4.74 Å². The van der Waals surface area contributed by atoms with Crippen molar-refractivity contribution in [2.45, 2.75) is 37.7 Å². The minimum absolute atomic E-state index is 0.0184. The molecule has 0 saturated carbocycles. The van der Waals surface area contributed by atoms with Gasteiger partial charge in [-0.1, -0.05) is 12.1 Å². The molecule has 1 aromatic carbocycles.